The van der Waals surface area contributed by atoms with Crippen molar-refractivity contribution in [3.05, 3.63) is 18.3 Å². The van der Waals surface area contributed by atoms with Gasteiger partial charge in [0.1, 0.15) is 6.54 Å². The first kappa shape index (κ1) is 16.7. The maximum absolute atomic E-state index is 12.6. The number of hydrogen-bond acceptors (Lipinski definition) is 5. The van der Waals surface area contributed by atoms with Crippen molar-refractivity contribution in [2.45, 2.75) is 32.3 Å². The van der Waals surface area contributed by atoms with Gasteiger partial charge < -0.3 is 14.4 Å². The van der Waals surface area contributed by atoms with Gasteiger partial charge in [-0.15, -0.1) is 0 Å². The van der Waals surface area contributed by atoms with Gasteiger partial charge in [-0.2, -0.15) is 0 Å². The number of amides is 2. The van der Waals surface area contributed by atoms with Crippen LogP contribution in [0.25, 0.3) is 0 Å². The summed E-state index contributed by atoms with van der Waals surface area (Å²) < 4.78 is 11.1. The molecule has 3 heterocycles. The highest BCUT2D eigenvalue weighted by atomic mass is 16.5. The molecule has 7 nitrogen and oxygen atoms in total. The summed E-state index contributed by atoms with van der Waals surface area (Å²) in [7, 11) is 0. The second-order valence-corrected chi connectivity index (χ2v) is 6.07. The van der Waals surface area contributed by atoms with Gasteiger partial charge in [-0.25, -0.2) is 4.98 Å². The molecule has 1 saturated heterocycles. The molecule has 0 N–H and O–H groups in total. The van der Waals surface area contributed by atoms with Gasteiger partial charge in [0.05, 0.1) is 6.10 Å². The zero-order valence-electron chi connectivity index (χ0n) is 13.9. The number of nitrogens with zero attached hydrogens (tertiary/aromatic N) is 3. The molecule has 1 aromatic rings. The van der Waals surface area contributed by atoms with Crippen LogP contribution in [0, 0.1) is 0 Å². The summed E-state index contributed by atoms with van der Waals surface area (Å²) in [5.41, 5.74) is 0. The number of carbonyl (C=O) groups excluding carboxylic acids is 2. The van der Waals surface area contributed by atoms with Crippen LogP contribution >= 0.6 is 0 Å². The largest absolute Gasteiger partial charge is 0.480 e. The van der Waals surface area contributed by atoms with Crippen molar-refractivity contribution in [3.63, 3.8) is 0 Å². The van der Waals surface area contributed by atoms with Crippen molar-refractivity contribution < 1.29 is 19.1 Å². The van der Waals surface area contributed by atoms with Crippen LogP contribution in [0.4, 0.5) is 5.82 Å². The Balaban J connectivity index is 1.65. The average Bonchev–Trinajstić information content (AvgIpc) is 2.62. The fourth-order valence-electron chi connectivity index (χ4n) is 3.02. The molecular formula is C17H23N3O4. The van der Waals surface area contributed by atoms with Gasteiger partial charge in [-0.1, -0.05) is 6.92 Å². The van der Waals surface area contributed by atoms with Crippen molar-refractivity contribution in [1.29, 1.82) is 0 Å². The third-order valence-corrected chi connectivity index (χ3v) is 4.24. The van der Waals surface area contributed by atoms with Crippen molar-refractivity contribution in [2.24, 2.45) is 0 Å². The Morgan fingerprint density at radius 3 is 3.21 bits per heavy atom. The van der Waals surface area contributed by atoms with E-state index in [-0.39, 0.29) is 31.1 Å². The fraction of sp³-hybridized carbons (Fsp3) is 0.588. The van der Waals surface area contributed by atoms with Crippen LogP contribution in [0.1, 0.15) is 26.2 Å². The zero-order chi connectivity index (χ0) is 16.9. The number of aromatic nitrogens is 1. The Hall–Kier alpha value is -2.15. The van der Waals surface area contributed by atoms with Gasteiger partial charge in [0.2, 0.25) is 5.91 Å². The highest BCUT2D eigenvalue weighted by molar-refractivity contribution is 6.01. The Morgan fingerprint density at radius 2 is 2.38 bits per heavy atom. The minimum atomic E-state index is -0.245. The summed E-state index contributed by atoms with van der Waals surface area (Å²) in [6.45, 7) is 4.01. The smallest absolute Gasteiger partial charge is 0.266 e. The molecule has 0 aliphatic carbocycles. The first-order valence-corrected chi connectivity index (χ1v) is 8.46. The average molecular weight is 333 g/mol. The Bertz CT molecular complexity index is 607. The monoisotopic (exact) mass is 333 g/mol. The Labute approximate surface area is 141 Å². The lowest BCUT2D eigenvalue weighted by molar-refractivity contribution is -0.135. The molecule has 0 bridgehead atoms. The summed E-state index contributed by atoms with van der Waals surface area (Å²) >= 11 is 0. The van der Waals surface area contributed by atoms with E-state index in [4.69, 9.17) is 9.47 Å². The third-order valence-electron chi connectivity index (χ3n) is 4.24. The summed E-state index contributed by atoms with van der Waals surface area (Å²) in [5, 5.41) is 0. The maximum atomic E-state index is 12.6. The second kappa shape index (κ2) is 7.61. The van der Waals surface area contributed by atoms with Crippen LogP contribution in [0.2, 0.25) is 0 Å². The minimum absolute atomic E-state index is 0.00724. The summed E-state index contributed by atoms with van der Waals surface area (Å²) in [6, 6.07) is 3.50. The molecule has 2 amide bonds. The van der Waals surface area contributed by atoms with Crippen LogP contribution in [0.15, 0.2) is 18.3 Å². The first-order valence-electron chi connectivity index (χ1n) is 8.46. The van der Waals surface area contributed by atoms with Crippen molar-refractivity contribution >= 4 is 17.6 Å². The van der Waals surface area contributed by atoms with Gasteiger partial charge in [-0.05, 0) is 31.4 Å². The topological polar surface area (TPSA) is 72.0 Å². The van der Waals surface area contributed by atoms with Gasteiger partial charge >= 0.3 is 0 Å². The molecule has 1 aromatic heterocycles. The molecule has 2 aliphatic heterocycles. The predicted octanol–water partition coefficient (Wildman–Crippen LogP) is 1.22. The van der Waals surface area contributed by atoms with E-state index in [0.717, 1.165) is 19.3 Å². The number of likely N-dealkylation sites (tertiary alicyclic amines) is 1. The molecule has 0 spiro atoms. The van der Waals surface area contributed by atoms with E-state index in [0.29, 0.717) is 31.3 Å². The second-order valence-electron chi connectivity index (χ2n) is 6.07. The van der Waals surface area contributed by atoms with E-state index < -0.39 is 0 Å². The number of hydrogen-bond donors (Lipinski definition) is 0. The van der Waals surface area contributed by atoms with E-state index in [9.17, 15) is 9.59 Å². The molecule has 1 atom stereocenters. The molecule has 0 unspecified atom stereocenters. The van der Waals surface area contributed by atoms with Crippen LogP contribution in [0.3, 0.4) is 0 Å². The van der Waals surface area contributed by atoms with E-state index in [1.54, 1.807) is 23.2 Å². The van der Waals surface area contributed by atoms with Crippen LogP contribution in [0.5, 0.6) is 5.75 Å². The van der Waals surface area contributed by atoms with Crippen LogP contribution in [-0.2, 0) is 14.3 Å². The van der Waals surface area contributed by atoms with Crippen molar-refractivity contribution in [3.8, 4) is 5.75 Å². The molecule has 0 saturated carbocycles. The van der Waals surface area contributed by atoms with Crippen LogP contribution < -0.4 is 9.64 Å². The van der Waals surface area contributed by atoms with E-state index in [1.165, 1.54) is 4.90 Å². The molecule has 130 valence electrons. The lowest BCUT2D eigenvalue weighted by Gasteiger charge is -2.35. The number of anilines is 1. The number of rotatable bonds is 5. The molecule has 7 heteroatoms. The molecule has 1 fully saturated rings. The molecular weight excluding hydrogens is 310 g/mol. The standard InChI is InChI=1S/C17H23N3O4/c1-2-9-23-13-5-4-8-19(10-13)15(21)11-20-16(22)12-24-14-6-3-7-18-17(14)20/h3,6-7,13H,2,4-5,8-12H2,1H3/t13-/m1/s1. The molecule has 3 rings (SSSR count). The maximum Gasteiger partial charge on any atom is 0.266 e. The molecule has 0 aromatic carbocycles. The van der Waals surface area contributed by atoms with Crippen molar-refractivity contribution in [1.82, 2.24) is 9.88 Å². The van der Waals surface area contributed by atoms with Gasteiger partial charge in [0.15, 0.2) is 18.2 Å². The lowest BCUT2D eigenvalue weighted by Crippen LogP contribution is -2.50. The number of carbonyl (C=O) groups is 2. The van der Waals surface area contributed by atoms with Crippen molar-refractivity contribution in [2.75, 3.05) is 37.7 Å². The quantitative estimate of drug-likeness (QED) is 0.810. The van der Waals surface area contributed by atoms with E-state index in [2.05, 4.69) is 11.9 Å². The van der Waals surface area contributed by atoms with Gasteiger partial charge in [0.25, 0.3) is 5.91 Å². The number of pyridine rings is 1. The summed E-state index contributed by atoms with van der Waals surface area (Å²) in [4.78, 5) is 32.2. The molecule has 0 radical (unpaired) electrons. The number of piperidine rings is 1. The number of ether oxygens (including phenoxy) is 2. The van der Waals surface area contributed by atoms with E-state index >= 15 is 0 Å². The predicted molar refractivity (Wildman–Crippen MR) is 87.9 cm³/mol. The van der Waals surface area contributed by atoms with Crippen LogP contribution in [-0.4, -0.2) is 60.7 Å². The summed E-state index contributed by atoms with van der Waals surface area (Å²) in [5.74, 6) is 0.627. The first-order chi connectivity index (χ1) is 11.7. The third kappa shape index (κ3) is 3.67. The normalized spacial score (nSPS) is 20.5. The highest BCUT2D eigenvalue weighted by Crippen LogP contribution is 2.29. The Kier molecular flexibility index (Phi) is 5.30. The summed E-state index contributed by atoms with van der Waals surface area (Å²) in [6.07, 6.45) is 4.55. The Morgan fingerprint density at radius 1 is 1.50 bits per heavy atom. The highest BCUT2D eigenvalue weighted by Gasteiger charge is 2.31. The fourth-order valence-corrected chi connectivity index (χ4v) is 3.02. The van der Waals surface area contributed by atoms with E-state index in [1.807, 2.05) is 0 Å². The SMILES string of the molecule is CCCO[C@@H]1CCCN(C(=O)CN2C(=O)COc3cccnc32)C1. The van der Waals surface area contributed by atoms with Gasteiger partial charge in [0, 0.05) is 25.9 Å². The zero-order valence-corrected chi connectivity index (χ0v) is 13.9. The minimum Gasteiger partial charge on any atom is -0.480 e. The molecule has 2 aliphatic rings. The lowest BCUT2D eigenvalue weighted by atomic mass is 10.1. The van der Waals surface area contributed by atoms with Gasteiger partial charge in [-0.3, -0.25) is 14.5 Å². The molecule has 24 heavy (non-hydrogen) atoms. The number of fused-ring (bicyclic) bond motifs is 1.